The Balaban J connectivity index is 0.000000221. The van der Waals surface area contributed by atoms with Gasteiger partial charge in [-0.2, -0.15) is 15.1 Å². The average molecular weight is 246 g/mol. The van der Waals surface area contributed by atoms with Gasteiger partial charge in [0.05, 0.1) is 6.20 Å². The number of aromatic amines is 1. The first-order valence-electron chi connectivity index (χ1n) is 4.01. The Hall–Kier alpha value is -1.90. The molecule has 3 N–H and O–H groups in total. The molecule has 2 rings (SSSR count). The van der Waals surface area contributed by atoms with E-state index in [1.165, 1.54) is 6.20 Å². The first-order valence-corrected chi connectivity index (χ1v) is 6.31. The van der Waals surface area contributed by atoms with Gasteiger partial charge in [0.25, 0.3) is 0 Å². The van der Waals surface area contributed by atoms with Crippen molar-refractivity contribution in [2.24, 2.45) is 0 Å². The number of aromatic nitrogens is 4. The quantitative estimate of drug-likeness (QED) is 0.567. The van der Waals surface area contributed by atoms with Gasteiger partial charge in [0.1, 0.15) is 15.2 Å². The van der Waals surface area contributed by atoms with Crippen LogP contribution in [-0.2, 0) is 9.84 Å². The van der Waals surface area contributed by atoms with Crippen molar-refractivity contribution >= 4 is 20.9 Å². The van der Waals surface area contributed by atoms with E-state index in [-0.39, 0.29) is 5.88 Å². The van der Waals surface area contributed by atoms with E-state index in [0.29, 0.717) is 11.0 Å². The summed E-state index contributed by atoms with van der Waals surface area (Å²) in [6.07, 6.45) is 3.70. The Morgan fingerprint density at radius 1 is 1.25 bits per heavy atom. The zero-order chi connectivity index (χ0) is 12.3. The molecule has 8 nitrogen and oxygen atoms in total. The summed E-state index contributed by atoms with van der Waals surface area (Å²) in [5, 5.41) is 24.3. The summed E-state index contributed by atoms with van der Waals surface area (Å²) in [5.74, 6) is -0.277. The van der Waals surface area contributed by atoms with Gasteiger partial charge >= 0.3 is 6.01 Å². The highest BCUT2D eigenvalue weighted by molar-refractivity contribution is 7.89. The molecule has 2 heterocycles. The molecule has 2 aromatic rings. The van der Waals surface area contributed by atoms with Crippen molar-refractivity contribution in [3.05, 3.63) is 6.20 Å². The van der Waals surface area contributed by atoms with Crippen LogP contribution < -0.4 is 0 Å². The lowest BCUT2D eigenvalue weighted by atomic mass is 10.4. The van der Waals surface area contributed by atoms with Gasteiger partial charge in [0.2, 0.25) is 5.88 Å². The predicted molar refractivity (Wildman–Crippen MR) is 55.8 cm³/mol. The molecule has 0 aliphatic heterocycles. The fourth-order valence-corrected chi connectivity index (χ4v) is 0.808. The number of aromatic hydroxyl groups is 2. The third-order valence-corrected chi connectivity index (χ3v) is 1.28. The van der Waals surface area contributed by atoms with Crippen molar-refractivity contribution in [3.8, 4) is 11.9 Å². The summed E-state index contributed by atoms with van der Waals surface area (Å²) in [6, 6.07) is -0.473. The van der Waals surface area contributed by atoms with E-state index >= 15 is 0 Å². The Labute approximate surface area is 90.9 Å². The third-order valence-electron chi connectivity index (χ3n) is 1.28. The molecule has 0 radical (unpaired) electrons. The molecule has 0 aliphatic carbocycles. The highest BCUT2D eigenvalue weighted by Gasteiger charge is 2.05. The van der Waals surface area contributed by atoms with Crippen molar-refractivity contribution < 1.29 is 18.6 Å². The Kier molecular flexibility index (Phi) is 3.28. The first-order chi connectivity index (χ1) is 7.27. The molecule has 0 saturated carbocycles. The van der Waals surface area contributed by atoms with Gasteiger partial charge in [0, 0.05) is 12.5 Å². The van der Waals surface area contributed by atoms with Crippen molar-refractivity contribution in [2.45, 2.75) is 0 Å². The summed E-state index contributed by atoms with van der Waals surface area (Å²) in [7, 11) is -2.67. The minimum Gasteiger partial charge on any atom is -0.493 e. The van der Waals surface area contributed by atoms with Crippen LogP contribution in [0.5, 0.6) is 11.9 Å². The summed E-state index contributed by atoms with van der Waals surface area (Å²) in [4.78, 5) is 6.88. The monoisotopic (exact) mass is 246 g/mol. The van der Waals surface area contributed by atoms with E-state index in [4.69, 9.17) is 10.2 Å². The number of sulfone groups is 1. The first kappa shape index (κ1) is 12.2. The van der Waals surface area contributed by atoms with E-state index in [0.717, 1.165) is 12.5 Å². The van der Waals surface area contributed by atoms with E-state index in [1.807, 2.05) is 0 Å². The lowest BCUT2D eigenvalue weighted by Crippen LogP contribution is -1.86. The minimum atomic E-state index is -2.67. The number of rotatable bonds is 0. The molecule has 0 fully saturated rings. The molecular formula is C7H10N4O4S. The Morgan fingerprint density at radius 3 is 2.38 bits per heavy atom. The maximum atomic E-state index is 9.63. The zero-order valence-electron chi connectivity index (χ0n) is 8.54. The van der Waals surface area contributed by atoms with Crippen molar-refractivity contribution in [1.29, 1.82) is 0 Å². The van der Waals surface area contributed by atoms with Crippen LogP contribution in [0.2, 0.25) is 0 Å². The van der Waals surface area contributed by atoms with Crippen LogP contribution in [0.1, 0.15) is 0 Å². The molecule has 0 amide bonds. The molecule has 16 heavy (non-hydrogen) atoms. The molecule has 0 bridgehead atoms. The van der Waals surface area contributed by atoms with Crippen LogP contribution in [0.15, 0.2) is 6.20 Å². The van der Waals surface area contributed by atoms with Crippen molar-refractivity contribution in [3.63, 3.8) is 0 Å². The highest BCUT2D eigenvalue weighted by Crippen LogP contribution is 2.19. The largest absolute Gasteiger partial charge is 0.493 e. The average Bonchev–Trinajstić information content (AvgIpc) is 2.47. The maximum absolute atomic E-state index is 9.63. The number of H-pyrrole nitrogens is 1. The highest BCUT2D eigenvalue weighted by atomic mass is 32.2. The van der Waals surface area contributed by atoms with Gasteiger partial charge in [-0.15, -0.1) is 0 Å². The zero-order valence-corrected chi connectivity index (χ0v) is 9.35. The minimum absolute atomic E-state index is 0.277. The molecule has 0 aliphatic rings. The number of fused-ring (bicyclic) bond motifs is 1. The molecule has 2 aromatic heterocycles. The molecule has 0 saturated heterocycles. The number of nitrogens with zero attached hydrogens (tertiary/aromatic N) is 3. The Bertz CT molecular complexity index is 583. The third kappa shape index (κ3) is 3.69. The number of hydrogen-bond donors (Lipinski definition) is 3. The molecule has 88 valence electrons. The van der Waals surface area contributed by atoms with Crippen molar-refractivity contribution in [2.75, 3.05) is 12.5 Å². The summed E-state index contributed by atoms with van der Waals surface area (Å²) in [5.41, 5.74) is 0.315. The van der Waals surface area contributed by atoms with Crippen molar-refractivity contribution in [1.82, 2.24) is 20.2 Å². The van der Waals surface area contributed by atoms with Gasteiger partial charge in [0.15, 0.2) is 5.65 Å². The van der Waals surface area contributed by atoms with E-state index in [2.05, 4.69) is 20.2 Å². The second kappa shape index (κ2) is 4.31. The summed E-state index contributed by atoms with van der Waals surface area (Å²) >= 11 is 0. The normalized spacial score (nSPS) is 10.9. The van der Waals surface area contributed by atoms with Crippen LogP contribution in [0.3, 0.4) is 0 Å². The fraction of sp³-hybridized carbons (Fsp3) is 0.286. The van der Waals surface area contributed by atoms with Gasteiger partial charge in [-0.25, -0.2) is 8.42 Å². The van der Waals surface area contributed by atoms with E-state index in [9.17, 15) is 8.42 Å². The molecule has 0 atom stereocenters. The topological polar surface area (TPSA) is 129 Å². The van der Waals surface area contributed by atoms with Crippen LogP contribution in [0, 0.1) is 0 Å². The van der Waals surface area contributed by atoms with E-state index in [1.54, 1.807) is 0 Å². The number of hydrogen-bond acceptors (Lipinski definition) is 7. The molecule has 0 unspecified atom stereocenters. The molecular weight excluding hydrogens is 236 g/mol. The molecule has 0 aromatic carbocycles. The van der Waals surface area contributed by atoms with Crippen LogP contribution in [0.25, 0.3) is 11.0 Å². The van der Waals surface area contributed by atoms with Gasteiger partial charge in [-0.3, -0.25) is 5.10 Å². The molecule has 0 spiro atoms. The summed E-state index contributed by atoms with van der Waals surface area (Å²) < 4.78 is 19.3. The van der Waals surface area contributed by atoms with Gasteiger partial charge in [-0.1, -0.05) is 0 Å². The van der Waals surface area contributed by atoms with Crippen LogP contribution in [-0.4, -0.2) is 51.3 Å². The number of nitrogens with one attached hydrogen (secondary N) is 1. The standard InChI is InChI=1S/C5H4N4O2.C2H6O2S/c10-4-2-1-6-9-3(2)7-5(11)8-4;1-5(2,3)4/h1H,(H3,6,7,8,9,10,11);1-2H3. The van der Waals surface area contributed by atoms with Gasteiger partial charge in [-0.05, 0) is 0 Å². The summed E-state index contributed by atoms with van der Waals surface area (Å²) in [6.45, 7) is 0. The lowest BCUT2D eigenvalue weighted by Gasteiger charge is -1.91. The van der Waals surface area contributed by atoms with E-state index < -0.39 is 15.8 Å². The SMILES string of the molecule is CS(C)(=O)=O.Oc1nc(O)c2cn[nH]c2n1. The fourth-order valence-electron chi connectivity index (χ4n) is 0.808. The second-order valence-electron chi connectivity index (χ2n) is 3.12. The lowest BCUT2D eigenvalue weighted by molar-refractivity contribution is 0.403. The Morgan fingerprint density at radius 2 is 1.81 bits per heavy atom. The maximum Gasteiger partial charge on any atom is 0.319 e. The predicted octanol–water partition coefficient (Wildman–Crippen LogP) is -0.575. The van der Waals surface area contributed by atoms with Crippen LogP contribution >= 0.6 is 0 Å². The molecule has 9 heteroatoms. The smallest absolute Gasteiger partial charge is 0.319 e. The second-order valence-corrected chi connectivity index (χ2v) is 5.41. The van der Waals surface area contributed by atoms with Gasteiger partial charge < -0.3 is 10.2 Å². The van der Waals surface area contributed by atoms with Crippen LogP contribution in [0.4, 0.5) is 0 Å².